The van der Waals surface area contributed by atoms with E-state index in [0.29, 0.717) is 12.6 Å². The van der Waals surface area contributed by atoms with Gasteiger partial charge in [0.2, 0.25) is 10.0 Å². The molecule has 0 aliphatic carbocycles. The van der Waals surface area contributed by atoms with Crippen molar-refractivity contribution in [3.8, 4) is 0 Å². The average molecular weight is 394 g/mol. The highest BCUT2D eigenvalue weighted by atomic mass is 32.2. The van der Waals surface area contributed by atoms with Gasteiger partial charge in [0.05, 0.1) is 11.9 Å². The number of hydrogen-bond donors (Lipinski definition) is 1. The van der Waals surface area contributed by atoms with Gasteiger partial charge in [-0.05, 0) is 6.42 Å². The first-order valence-electron chi connectivity index (χ1n) is 6.51. The van der Waals surface area contributed by atoms with Crippen LogP contribution in [0.2, 0.25) is 0 Å². The first kappa shape index (κ1) is 22.9. The Morgan fingerprint density at radius 3 is 1.70 bits per heavy atom. The fourth-order valence-corrected chi connectivity index (χ4v) is 3.83. The summed E-state index contributed by atoms with van der Waals surface area (Å²) >= 11 is 0. The molecular weight excluding hydrogens is 374 g/mol. The van der Waals surface area contributed by atoms with Crippen LogP contribution >= 0.6 is 7.26 Å². The molecule has 0 aromatic rings. The van der Waals surface area contributed by atoms with Gasteiger partial charge in [-0.3, -0.25) is 0 Å². The molecular formula is C11H20F7NO2PS+. The van der Waals surface area contributed by atoms with Crippen LogP contribution in [0.15, 0.2) is 0 Å². The van der Waals surface area contributed by atoms with E-state index in [1.165, 1.54) is 0 Å². The average Bonchev–Trinajstić information content (AvgIpc) is 2.28. The molecule has 0 bridgehead atoms. The van der Waals surface area contributed by atoms with Crippen molar-refractivity contribution in [2.45, 2.75) is 30.9 Å². The van der Waals surface area contributed by atoms with E-state index < -0.39 is 47.5 Å². The van der Waals surface area contributed by atoms with Crippen LogP contribution in [-0.4, -0.2) is 64.9 Å². The van der Waals surface area contributed by atoms with Crippen LogP contribution in [0.1, 0.15) is 12.8 Å². The second-order valence-corrected chi connectivity index (χ2v) is 13.1. The van der Waals surface area contributed by atoms with E-state index in [-0.39, 0.29) is 6.54 Å². The van der Waals surface area contributed by atoms with E-state index in [1.54, 1.807) is 0 Å². The number of sulfonamides is 1. The van der Waals surface area contributed by atoms with Crippen molar-refractivity contribution in [1.82, 2.24) is 4.72 Å². The summed E-state index contributed by atoms with van der Waals surface area (Å²) in [5.74, 6) is -1.60. The fourth-order valence-electron chi connectivity index (χ4n) is 1.57. The molecule has 0 fully saturated rings. The van der Waals surface area contributed by atoms with Crippen molar-refractivity contribution in [3.05, 3.63) is 0 Å². The number of nitrogens with one attached hydrogen (secondary N) is 1. The molecule has 0 aliphatic rings. The third kappa shape index (κ3) is 7.51. The molecule has 0 aliphatic heterocycles. The molecule has 0 rings (SSSR count). The van der Waals surface area contributed by atoms with Crippen LogP contribution in [0.4, 0.5) is 30.7 Å². The maximum atomic E-state index is 13.3. The van der Waals surface area contributed by atoms with Gasteiger partial charge in [-0.15, -0.1) is 0 Å². The van der Waals surface area contributed by atoms with Crippen LogP contribution in [-0.2, 0) is 10.0 Å². The molecule has 0 unspecified atom stereocenters. The van der Waals surface area contributed by atoms with Gasteiger partial charge in [0.1, 0.15) is 0 Å². The molecule has 3 nitrogen and oxygen atoms in total. The van der Waals surface area contributed by atoms with Crippen molar-refractivity contribution in [2.24, 2.45) is 0 Å². The molecule has 23 heavy (non-hydrogen) atoms. The monoisotopic (exact) mass is 394 g/mol. The lowest BCUT2D eigenvalue weighted by Gasteiger charge is -2.29. The third-order valence-electron chi connectivity index (χ3n) is 2.94. The Bertz CT molecular complexity index is 468. The number of rotatable bonds is 8. The number of alkyl halides is 7. The molecule has 0 aromatic carbocycles. The Morgan fingerprint density at radius 2 is 1.35 bits per heavy atom. The largest absolute Gasteiger partial charge is 0.431 e. The number of hydrogen-bond acceptors (Lipinski definition) is 2. The standard InChI is InChI=1S/C11H20F7NO2PS/c1-22(2,3)7-4-6-19-23(20,21)8-5-9(12,10(13,14)15)11(16,17)18/h19H,4-8H2,1-3H3/q+1. The lowest BCUT2D eigenvalue weighted by atomic mass is 10.0. The van der Waals surface area contributed by atoms with E-state index in [2.05, 4.69) is 0 Å². The Morgan fingerprint density at radius 1 is 0.913 bits per heavy atom. The minimum atomic E-state index is -6.24. The van der Waals surface area contributed by atoms with Gasteiger partial charge >= 0.3 is 12.4 Å². The smallest absolute Gasteiger partial charge is 0.224 e. The molecule has 0 saturated carbocycles. The van der Waals surface area contributed by atoms with Crippen LogP contribution in [0.25, 0.3) is 0 Å². The highest BCUT2D eigenvalue weighted by Gasteiger charge is 2.72. The fraction of sp³-hybridized carbons (Fsp3) is 1.00. The Kier molecular flexibility index (Phi) is 7.34. The maximum absolute atomic E-state index is 13.3. The summed E-state index contributed by atoms with van der Waals surface area (Å²) in [7, 11) is -5.61. The third-order valence-corrected chi connectivity index (χ3v) is 5.99. The summed E-state index contributed by atoms with van der Waals surface area (Å²) in [5, 5.41) is 0. The van der Waals surface area contributed by atoms with Gasteiger partial charge in [-0.2, -0.15) is 26.3 Å². The molecule has 0 radical (unpaired) electrons. The van der Waals surface area contributed by atoms with Gasteiger partial charge in [-0.25, -0.2) is 17.5 Å². The molecule has 0 atom stereocenters. The molecule has 1 N–H and O–H groups in total. The van der Waals surface area contributed by atoms with Gasteiger partial charge in [0, 0.05) is 40.2 Å². The summed E-state index contributed by atoms with van der Waals surface area (Å²) in [6.45, 7) is 5.86. The van der Waals surface area contributed by atoms with Crippen LogP contribution in [0.5, 0.6) is 0 Å². The predicted molar refractivity (Wildman–Crippen MR) is 76.5 cm³/mol. The Balaban J connectivity index is 4.73. The zero-order valence-corrected chi connectivity index (χ0v) is 14.6. The highest BCUT2D eigenvalue weighted by molar-refractivity contribution is 7.89. The lowest BCUT2D eigenvalue weighted by Crippen LogP contribution is -2.54. The molecule has 140 valence electrons. The van der Waals surface area contributed by atoms with Gasteiger partial charge < -0.3 is 0 Å². The zero-order chi connectivity index (χ0) is 18.7. The summed E-state index contributed by atoms with van der Waals surface area (Å²) in [6.07, 6.45) is -13.6. The molecule has 0 saturated heterocycles. The predicted octanol–water partition coefficient (Wildman–Crippen LogP) is 3.43. The summed E-state index contributed by atoms with van der Waals surface area (Å²) in [5.41, 5.74) is -5.55. The first-order chi connectivity index (χ1) is 9.91. The van der Waals surface area contributed by atoms with Crippen molar-refractivity contribution in [1.29, 1.82) is 0 Å². The zero-order valence-electron chi connectivity index (χ0n) is 12.9. The summed E-state index contributed by atoms with van der Waals surface area (Å²) < 4.78 is 112. The van der Waals surface area contributed by atoms with E-state index in [0.717, 1.165) is 0 Å². The van der Waals surface area contributed by atoms with Crippen molar-refractivity contribution in [2.75, 3.05) is 38.5 Å². The molecule has 0 amide bonds. The molecule has 12 heteroatoms. The van der Waals surface area contributed by atoms with Gasteiger partial charge in [-0.1, -0.05) is 0 Å². The second-order valence-electron chi connectivity index (χ2n) is 6.13. The van der Waals surface area contributed by atoms with Gasteiger partial charge in [0.15, 0.2) is 0 Å². The molecule has 0 aromatic heterocycles. The summed E-state index contributed by atoms with van der Waals surface area (Å²) in [4.78, 5) is 0. The first-order valence-corrected chi connectivity index (χ1v) is 11.5. The van der Waals surface area contributed by atoms with E-state index in [1.807, 2.05) is 24.7 Å². The SMILES string of the molecule is C[P+](C)(C)CCCNS(=O)(=O)CCC(F)(C(F)(F)F)C(F)(F)F. The van der Waals surface area contributed by atoms with E-state index >= 15 is 0 Å². The second kappa shape index (κ2) is 7.39. The lowest BCUT2D eigenvalue weighted by molar-refractivity contribution is -0.341. The van der Waals surface area contributed by atoms with E-state index in [9.17, 15) is 39.2 Å². The molecule has 0 spiro atoms. The summed E-state index contributed by atoms with van der Waals surface area (Å²) in [6, 6.07) is 0. The normalized spacial score (nSPS) is 15.0. The van der Waals surface area contributed by atoms with Crippen LogP contribution < -0.4 is 4.72 Å². The Hall–Kier alpha value is -0.150. The van der Waals surface area contributed by atoms with Crippen molar-refractivity contribution in [3.63, 3.8) is 0 Å². The molecule has 0 heterocycles. The van der Waals surface area contributed by atoms with E-state index in [4.69, 9.17) is 0 Å². The minimum Gasteiger partial charge on any atom is -0.224 e. The minimum absolute atomic E-state index is 0.114. The maximum Gasteiger partial charge on any atom is 0.431 e. The highest BCUT2D eigenvalue weighted by Crippen LogP contribution is 2.48. The van der Waals surface area contributed by atoms with Gasteiger partial charge in [0.25, 0.3) is 5.67 Å². The van der Waals surface area contributed by atoms with Crippen molar-refractivity contribution >= 4 is 17.3 Å². The quantitative estimate of drug-likeness (QED) is 0.390. The van der Waals surface area contributed by atoms with Crippen LogP contribution in [0.3, 0.4) is 0 Å². The topological polar surface area (TPSA) is 46.2 Å². The Labute approximate surface area is 131 Å². The van der Waals surface area contributed by atoms with Crippen molar-refractivity contribution < 1.29 is 39.2 Å². The number of halogens is 7. The van der Waals surface area contributed by atoms with Crippen LogP contribution in [0, 0.1) is 0 Å².